The summed E-state index contributed by atoms with van der Waals surface area (Å²) in [6.07, 6.45) is 13.9. The largest absolute Gasteiger partial charge is 0.351 e. The molecule has 1 atom stereocenters. The zero-order valence-electron chi connectivity index (χ0n) is 14.0. The Morgan fingerprint density at radius 2 is 1.96 bits per heavy atom. The van der Waals surface area contributed by atoms with Crippen LogP contribution in [0.5, 0.6) is 0 Å². The smallest absolute Gasteiger partial charge is 0.315 e. The first kappa shape index (κ1) is 14.5. The molecule has 1 fully saturated rings. The van der Waals surface area contributed by atoms with Gasteiger partial charge < -0.3 is 10.6 Å². The molecule has 0 radical (unpaired) electrons. The third kappa shape index (κ3) is 2.15. The van der Waals surface area contributed by atoms with Crippen LogP contribution < -0.4 is 16.2 Å². The van der Waals surface area contributed by atoms with Crippen molar-refractivity contribution < 1.29 is 4.79 Å². The standard InChI is InChI=1S/C22H20N2O/c23-22(25)24-12-2-5-21(24)16-8-9-18-15(13-16)7-11-19-17-4-1-3-14(17)6-10-20(18)19/h1,3-4,6-8,10-11,13,21H,2,5,9,12H2,(H2,23,25). The molecule has 5 rings (SSSR count). The maximum atomic E-state index is 11.7. The summed E-state index contributed by atoms with van der Waals surface area (Å²) in [6, 6.07) is 8.74. The molecule has 25 heavy (non-hydrogen) atoms. The van der Waals surface area contributed by atoms with Gasteiger partial charge in [-0.25, -0.2) is 4.79 Å². The van der Waals surface area contributed by atoms with Crippen molar-refractivity contribution in [3.05, 3.63) is 63.6 Å². The second-order valence-corrected chi connectivity index (χ2v) is 7.06. The fourth-order valence-corrected chi connectivity index (χ4v) is 4.54. The van der Waals surface area contributed by atoms with Crippen LogP contribution >= 0.6 is 0 Å². The number of rotatable bonds is 1. The predicted molar refractivity (Wildman–Crippen MR) is 102 cm³/mol. The highest BCUT2D eigenvalue weighted by molar-refractivity contribution is 5.96. The minimum absolute atomic E-state index is 0.138. The minimum atomic E-state index is -0.306. The maximum Gasteiger partial charge on any atom is 0.315 e. The van der Waals surface area contributed by atoms with E-state index in [1.54, 1.807) is 0 Å². The third-order valence-electron chi connectivity index (χ3n) is 5.75. The first-order valence-electron chi connectivity index (χ1n) is 8.93. The summed E-state index contributed by atoms with van der Waals surface area (Å²) >= 11 is 0. The maximum absolute atomic E-state index is 11.7. The summed E-state index contributed by atoms with van der Waals surface area (Å²) in [5, 5.41) is 5.23. The average molecular weight is 328 g/mol. The molecule has 0 spiro atoms. The van der Waals surface area contributed by atoms with E-state index in [1.165, 1.54) is 37.9 Å². The van der Waals surface area contributed by atoms with Crippen LogP contribution in [0.1, 0.15) is 24.0 Å². The number of benzene rings is 2. The molecule has 1 unspecified atom stereocenters. The second-order valence-electron chi connectivity index (χ2n) is 7.06. The molecule has 2 aromatic rings. The van der Waals surface area contributed by atoms with Crippen LogP contribution in [-0.4, -0.2) is 23.5 Å². The van der Waals surface area contributed by atoms with E-state index in [-0.39, 0.29) is 12.1 Å². The van der Waals surface area contributed by atoms with E-state index in [1.807, 2.05) is 4.90 Å². The van der Waals surface area contributed by atoms with Crippen molar-refractivity contribution in [2.24, 2.45) is 5.73 Å². The van der Waals surface area contributed by atoms with Gasteiger partial charge in [0.25, 0.3) is 0 Å². The summed E-state index contributed by atoms with van der Waals surface area (Å²) in [5.41, 5.74) is 9.49. The Bertz CT molecular complexity index is 1090. The quantitative estimate of drug-likeness (QED) is 0.859. The number of amides is 2. The van der Waals surface area contributed by atoms with Gasteiger partial charge in [0.2, 0.25) is 0 Å². The number of fused-ring (bicyclic) bond motifs is 5. The summed E-state index contributed by atoms with van der Waals surface area (Å²) in [4.78, 5) is 13.5. The lowest BCUT2D eigenvalue weighted by molar-refractivity contribution is 0.209. The molecule has 2 N–H and O–H groups in total. The monoisotopic (exact) mass is 328 g/mol. The van der Waals surface area contributed by atoms with Gasteiger partial charge in [0.1, 0.15) is 0 Å². The molecule has 0 aromatic heterocycles. The molecular weight excluding hydrogens is 308 g/mol. The first-order valence-corrected chi connectivity index (χ1v) is 8.93. The molecule has 1 heterocycles. The Balaban J connectivity index is 1.63. The molecule has 124 valence electrons. The van der Waals surface area contributed by atoms with Crippen LogP contribution in [0.15, 0.2) is 42.0 Å². The number of primary amides is 1. The fourth-order valence-electron chi connectivity index (χ4n) is 4.54. The van der Waals surface area contributed by atoms with E-state index in [0.717, 1.165) is 25.8 Å². The zero-order chi connectivity index (χ0) is 17.0. The van der Waals surface area contributed by atoms with Gasteiger partial charge in [-0.2, -0.15) is 0 Å². The van der Waals surface area contributed by atoms with Crippen molar-refractivity contribution in [1.29, 1.82) is 0 Å². The first-order chi connectivity index (χ1) is 12.2. The van der Waals surface area contributed by atoms with E-state index in [9.17, 15) is 4.79 Å². The summed E-state index contributed by atoms with van der Waals surface area (Å²) in [6.45, 7) is 0.769. The number of nitrogens with zero attached hydrogens (tertiary/aromatic N) is 1. The summed E-state index contributed by atoms with van der Waals surface area (Å²) in [7, 11) is 0. The molecule has 1 aliphatic heterocycles. The van der Waals surface area contributed by atoms with Gasteiger partial charge in [-0.3, -0.25) is 0 Å². The molecule has 0 bridgehead atoms. The van der Waals surface area contributed by atoms with Gasteiger partial charge in [0.05, 0.1) is 6.04 Å². The Kier molecular flexibility index (Phi) is 3.11. The number of carbonyl (C=O) groups is 1. The van der Waals surface area contributed by atoms with E-state index in [2.05, 4.69) is 54.6 Å². The Hall–Kier alpha value is -2.81. The normalized spacial score (nSPS) is 20.7. The van der Waals surface area contributed by atoms with Gasteiger partial charge in [-0.15, -0.1) is 0 Å². The van der Waals surface area contributed by atoms with E-state index < -0.39 is 0 Å². The third-order valence-corrected chi connectivity index (χ3v) is 5.75. The van der Waals surface area contributed by atoms with Crippen molar-refractivity contribution in [2.45, 2.75) is 25.3 Å². The molecule has 3 nitrogen and oxygen atoms in total. The van der Waals surface area contributed by atoms with Crippen LogP contribution in [-0.2, 0) is 6.42 Å². The van der Waals surface area contributed by atoms with Gasteiger partial charge in [0, 0.05) is 6.54 Å². The SMILES string of the molecule is NC(=O)N1CCCC1C1=CCc2c(ccc3c4c(ccc23)=CC=C4)=C1. The van der Waals surface area contributed by atoms with Crippen LogP contribution in [0.3, 0.4) is 0 Å². The Labute approximate surface area is 146 Å². The molecular formula is C22H20N2O. The molecule has 1 saturated heterocycles. The van der Waals surface area contributed by atoms with Gasteiger partial charge >= 0.3 is 6.03 Å². The van der Waals surface area contributed by atoms with Gasteiger partial charge in [-0.1, -0.05) is 48.6 Å². The molecule has 0 saturated carbocycles. The second kappa shape index (κ2) is 5.35. The Morgan fingerprint density at radius 1 is 1.12 bits per heavy atom. The van der Waals surface area contributed by atoms with Crippen LogP contribution in [0.25, 0.3) is 29.0 Å². The topological polar surface area (TPSA) is 46.3 Å². The number of likely N-dealkylation sites (tertiary alicyclic amines) is 1. The number of nitrogens with two attached hydrogens (primary N) is 1. The molecule has 2 aliphatic carbocycles. The number of allylic oxidation sites excluding steroid dienone is 2. The summed E-state index contributed by atoms with van der Waals surface area (Å²) in [5.74, 6) is 0. The number of urea groups is 1. The highest BCUT2D eigenvalue weighted by Gasteiger charge is 2.29. The highest BCUT2D eigenvalue weighted by Crippen LogP contribution is 2.28. The van der Waals surface area contributed by atoms with Crippen molar-refractivity contribution >= 4 is 35.0 Å². The minimum Gasteiger partial charge on any atom is -0.351 e. The van der Waals surface area contributed by atoms with E-state index >= 15 is 0 Å². The van der Waals surface area contributed by atoms with Crippen LogP contribution in [0.2, 0.25) is 0 Å². The lowest BCUT2D eigenvalue weighted by atomic mass is 9.90. The highest BCUT2D eigenvalue weighted by atomic mass is 16.2. The average Bonchev–Trinajstić information content (AvgIpc) is 3.29. The molecule has 3 aliphatic rings. The Morgan fingerprint density at radius 3 is 2.84 bits per heavy atom. The van der Waals surface area contributed by atoms with Crippen molar-refractivity contribution in [3.8, 4) is 0 Å². The van der Waals surface area contributed by atoms with Gasteiger partial charge in [0.15, 0.2) is 0 Å². The van der Waals surface area contributed by atoms with Crippen molar-refractivity contribution in [1.82, 2.24) is 4.90 Å². The predicted octanol–water partition coefficient (Wildman–Crippen LogP) is 2.45. The lowest BCUT2D eigenvalue weighted by Gasteiger charge is -2.25. The van der Waals surface area contributed by atoms with Crippen LogP contribution in [0.4, 0.5) is 4.79 Å². The number of carbonyl (C=O) groups excluding carboxylic acids is 1. The van der Waals surface area contributed by atoms with E-state index in [0.29, 0.717) is 0 Å². The van der Waals surface area contributed by atoms with Crippen molar-refractivity contribution in [3.63, 3.8) is 0 Å². The number of hydrogen-bond donors (Lipinski definition) is 1. The molecule has 3 heteroatoms. The van der Waals surface area contributed by atoms with Crippen molar-refractivity contribution in [2.75, 3.05) is 6.54 Å². The lowest BCUT2D eigenvalue weighted by Crippen LogP contribution is -2.40. The molecule has 2 aromatic carbocycles. The zero-order valence-corrected chi connectivity index (χ0v) is 14.0. The van der Waals surface area contributed by atoms with Gasteiger partial charge in [-0.05, 0) is 63.2 Å². The van der Waals surface area contributed by atoms with Crippen LogP contribution in [0, 0.1) is 0 Å². The summed E-state index contributed by atoms with van der Waals surface area (Å²) < 4.78 is 0. The molecule has 2 amide bonds. The number of hydrogen-bond acceptors (Lipinski definition) is 1. The fraction of sp³-hybridized carbons (Fsp3) is 0.227. The van der Waals surface area contributed by atoms with E-state index in [4.69, 9.17) is 5.73 Å².